The van der Waals surface area contributed by atoms with Crippen LogP contribution in [0.2, 0.25) is 0 Å². The average Bonchev–Trinajstić information content (AvgIpc) is 2.77. The summed E-state index contributed by atoms with van der Waals surface area (Å²) in [4.78, 5) is 0.430. The van der Waals surface area contributed by atoms with Gasteiger partial charge in [-0.1, -0.05) is 72.9 Å². The van der Waals surface area contributed by atoms with Gasteiger partial charge in [-0.15, -0.1) is 0 Å². The molecule has 3 rings (SSSR count). The van der Waals surface area contributed by atoms with Gasteiger partial charge in [0.2, 0.25) is 0 Å². The first kappa shape index (κ1) is 21.0. The molecule has 29 heavy (non-hydrogen) atoms. The molecule has 0 heterocycles. The fourth-order valence-corrected chi connectivity index (χ4v) is 3.42. The molecule has 0 aliphatic heterocycles. The van der Waals surface area contributed by atoms with Gasteiger partial charge in [0.15, 0.2) is 0 Å². The van der Waals surface area contributed by atoms with E-state index in [1.165, 1.54) is 11.1 Å². The number of rotatable bonds is 10. The minimum atomic E-state index is 0.430. The monoisotopic (exact) mass is 405 g/mol. The second-order valence-electron chi connectivity index (χ2n) is 6.96. The molecule has 4 heteroatoms. The normalized spacial score (nSPS) is 10.7. The van der Waals surface area contributed by atoms with E-state index in [2.05, 4.69) is 30.3 Å². The SMILES string of the molecule is COc1ccc(COCCCCc2ccc(-c3ccccc3C(N)=S)cc2)cc1. The van der Waals surface area contributed by atoms with Gasteiger partial charge in [0.25, 0.3) is 0 Å². The van der Waals surface area contributed by atoms with E-state index in [4.69, 9.17) is 27.4 Å². The molecule has 0 spiro atoms. The quantitative estimate of drug-likeness (QED) is 0.355. The van der Waals surface area contributed by atoms with Crippen molar-refractivity contribution in [1.82, 2.24) is 0 Å². The van der Waals surface area contributed by atoms with Gasteiger partial charge >= 0.3 is 0 Å². The minimum absolute atomic E-state index is 0.430. The first-order valence-corrected chi connectivity index (χ1v) is 10.3. The molecule has 0 unspecified atom stereocenters. The number of aryl methyl sites for hydroxylation is 1. The standard InChI is InChI=1S/C25H27NO2S/c1-27-22-15-11-20(12-16-22)18-28-17-5-4-6-19-9-13-21(14-10-19)23-7-2-3-8-24(23)25(26)29/h2-3,7-16H,4-6,17-18H2,1H3,(H2,26,29). The molecule has 0 aliphatic carbocycles. The third-order valence-electron chi connectivity index (χ3n) is 4.89. The van der Waals surface area contributed by atoms with Crippen LogP contribution in [0.1, 0.15) is 29.5 Å². The summed E-state index contributed by atoms with van der Waals surface area (Å²) in [6, 6.07) is 24.7. The highest BCUT2D eigenvalue weighted by atomic mass is 32.1. The van der Waals surface area contributed by atoms with Crippen LogP contribution >= 0.6 is 12.2 Å². The molecule has 0 aromatic heterocycles. The maximum absolute atomic E-state index is 5.85. The van der Waals surface area contributed by atoms with Crippen LogP contribution in [0.3, 0.4) is 0 Å². The Labute approximate surface area is 178 Å². The van der Waals surface area contributed by atoms with Crippen LogP contribution < -0.4 is 10.5 Å². The van der Waals surface area contributed by atoms with E-state index in [1.807, 2.05) is 42.5 Å². The van der Waals surface area contributed by atoms with E-state index in [0.717, 1.165) is 48.3 Å². The summed E-state index contributed by atoms with van der Waals surface area (Å²) >= 11 is 5.17. The van der Waals surface area contributed by atoms with Gasteiger partial charge in [0.05, 0.1) is 13.7 Å². The van der Waals surface area contributed by atoms with Crippen LogP contribution in [-0.2, 0) is 17.8 Å². The molecular weight excluding hydrogens is 378 g/mol. The summed E-state index contributed by atoms with van der Waals surface area (Å²) < 4.78 is 10.9. The number of methoxy groups -OCH3 is 1. The average molecular weight is 406 g/mol. The van der Waals surface area contributed by atoms with Gasteiger partial charge in [-0.2, -0.15) is 0 Å². The van der Waals surface area contributed by atoms with E-state index >= 15 is 0 Å². The van der Waals surface area contributed by atoms with Crippen molar-refractivity contribution in [1.29, 1.82) is 0 Å². The third kappa shape index (κ3) is 6.14. The van der Waals surface area contributed by atoms with Crippen molar-refractivity contribution in [2.75, 3.05) is 13.7 Å². The van der Waals surface area contributed by atoms with Crippen molar-refractivity contribution in [3.63, 3.8) is 0 Å². The van der Waals surface area contributed by atoms with Gasteiger partial charge in [0, 0.05) is 12.2 Å². The zero-order chi connectivity index (χ0) is 20.5. The number of nitrogens with two attached hydrogens (primary N) is 1. The lowest BCUT2D eigenvalue weighted by atomic mass is 9.97. The van der Waals surface area contributed by atoms with Crippen LogP contribution in [0.15, 0.2) is 72.8 Å². The maximum atomic E-state index is 5.85. The fraction of sp³-hybridized carbons (Fsp3) is 0.240. The Hall–Kier alpha value is -2.69. The number of unbranched alkanes of at least 4 members (excludes halogenated alkanes) is 1. The molecule has 3 aromatic rings. The lowest BCUT2D eigenvalue weighted by Gasteiger charge is -2.09. The second-order valence-corrected chi connectivity index (χ2v) is 7.40. The van der Waals surface area contributed by atoms with Gasteiger partial charge in [0.1, 0.15) is 10.7 Å². The first-order valence-electron chi connectivity index (χ1n) is 9.86. The zero-order valence-electron chi connectivity index (χ0n) is 16.8. The number of hydrogen-bond donors (Lipinski definition) is 1. The van der Waals surface area contributed by atoms with Crippen LogP contribution in [-0.4, -0.2) is 18.7 Å². The van der Waals surface area contributed by atoms with Gasteiger partial charge < -0.3 is 15.2 Å². The fourth-order valence-electron chi connectivity index (χ4n) is 3.25. The van der Waals surface area contributed by atoms with E-state index in [0.29, 0.717) is 11.6 Å². The summed E-state index contributed by atoms with van der Waals surface area (Å²) in [5.41, 5.74) is 11.5. The molecule has 0 amide bonds. The molecule has 0 saturated heterocycles. The number of hydrogen-bond acceptors (Lipinski definition) is 3. The molecule has 0 fully saturated rings. The molecule has 0 aliphatic rings. The Balaban J connectivity index is 1.42. The summed E-state index contributed by atoms with van der Waals surface area (Å²) in [6.07, 6.45) is 3.19. The van der Waals surface area contributed by atoms with Gasteiger partial charge in [-0.25, -0.2) is 0 Å². The molecule has 150 valence electrons. The van der Waals surface area contributed by atoms with Crippen LogP contribution in [0.4, 0.5) is 0 Å². The van der Waals surface area contributed by atoms with Crippen molar-refractivity contribution in [3.05, 3.63) is 89.5 Å². The van der Waals surface area contributed by atoms with E-state index in [-0.39, 0.29) is 0 Å². The topological polar surface area (TPSA) is 44.5 Å². The Morgan fingerprint density at radius 3 is 2.24 bits per heavy atom. The highest BCUT2D eigenvalue weighted by molar-refractivity contribution is 7.80. The third-order valence-corrected chi connectivity index (χ3v) is 5.11. The molecule has 0 bridgehead atoms. The number of benzene rings is 3. The predicted molar refractivity (Wildman–Crippen MR) is 123 cm³/mol. The van der Waals surface area contributed by atoms with Crippen molar-refractivity contribution in [2.24, 2.45) is 5.73 Å². The lowest BCUT2D eigenvalue weighted by Crippen LogP contribution is -2.10. The molecule has 0 saturated carbocycles. The largest absolute Gasteiger partial charge is 0.497 e. The lowest BCUT2D eigenvalue weighted by molar-refractivity contribution is 0.117. The van der Waals surface area contributed by atoms with Crippen LogP contribution in [0, 0.1) is 0 Å². The second kappa shape index (κ2) is 10.7. The molecule has 0 atom stereocenters. The van der Waals surface area contributed by atoms with Crippen molar-refractivity contribution in [2.45, 2.75) is 25.9 Å². The van der Waals surface area contributed by atoms with Crippen molar-refractivity contribution < 1.29 is 9.47 Å². The smallest absolute Gasteiger partial charge is 0.118 e. The van der Waals surface area contributed by atoms with Gasteiger partial charge in [-0.05, 0) is 53.6 Å². The molecule has 0 radical (unpaired) electrons. The van der Waals surface area contributed by atoms with E-state index in [9.17, 15) is 0 Å². The first-order chi connectivity index (χ1) is 14.2. The van der Waals surface area contributed by atoms with Crippen molar-refractivity contribution >= 4 is 17.2 Å². The Bertz CT molecular complexity index is 920. The van der Waals surface area contributed by atoms with Crippen molar-refractivity contribution in [3.8, 4) is 16.9 Å². The zero-order valence-corrected chi connectivity index (χ0v) is 17.6. The Morgan fingerprint density at radius 1 is 0.862 bits per heavy atom. The van der Waals surface area contributed by atoms with E-state index < -0.39 is 0 Å². The summed E-state index contributed by atoms with van der Waals surface area (Å²) in [5.74, 6) is 0.869. The highest BCUT2D eigenvalue weighted by Gasteiger charge is 2.06. The summed E-state index contributed by atoms with van der Waals surface area (Å²) in [7, 11) is 1.67. The maximum Gasteiger partial charge on any atom is 0.118 e. The van der Waals surface area contributed by atoms with Gasteiger partial charge in [-0.3, -0.25) is 0 Å². The molecule has 2 N–H and O–H groups in total. The van der Waals surface area contributed by atoms with Crippen LogP contribution in [0.5, 0.6) is 5.75 Å². The summed E-state index contributed by atoms with van der Waals surface area (Å²) in [6.45, 7) is 1.41. The summed E-state index contributed by atoms with van der Waals surface area (Å²) in [5, 5.41) is 0. The highest BCUT2D eigenvalue weighted by Crippen LogP contribution is 2.24. The Morgan fingerprint density at radius 2 is 1.55 bits per heavy atom. The molecular formula is C25H27NO2S. The molecule has 3 aromatic carbocycles. The van der Waals surface area contributed by atoms with E-state index in [1.54, 1.807) is 7.11 Å². The minimum Gasteiger partial charge on any atom is -0.497 e. The number of ether oxygens (including phenoxy) is 2. The molecule has 3 nitrogen and oxygen atoms in total. The van der Waals surface area contributed by atoms with Crippen LogP contribution in [0.25, 0.3) is 11.1 Å². The number of thiocarbonyl (C=S) groups is 1. The predicted octanol–water partition coefficient (Wildman–Crippen LogP) is 5.54. The Kier molecular flexibility index (Phi) is 7.79.